The molecule has 3 heteroatoms. The first-order chi connectivity index (χ1) is 8.58. The van der Waals surface area contributed by atoms with E-state index in [0.717, 1.165) is 11.1 Å². The van der Waals surface area contributed by atoms with Gasteiger partial charge in [0.25, 0.3) is 0 Å². The first kappa shape index (κ1) is 12.2. The summed E-state index contributed by atoms with van der Waals surface area (Å²) in [6.45, 7) is 3.82. The van der Waals surface area contributed by atoms with Gasteiger partial charge in [-0.1, -0.05) is 23.8 Å². The minimum Gasteiger partial charge on any atom is -0.507 e. The average Bonchev–Trinajstić information content (AvgIpc) is 2.33. The molecule has 18 heavy (non-hydrogen) atoms. The van der Waals surface area contributed by atoms with Crippen LogP contribution < -0.4 is 0 Å². The van der Waals surface area contributed by atoms with Crippen molar-refractivity contribution >= 4 is 11.9 Å². The Labute approximate surface area is 106 Å². The van der Waals surface area contributed by atoms with E-state index in [9.17, 15) is 10.2 Å². The molecule has 0 saturated carbocycles. The van der Waals surface area contributed by atoms with Gasteiger partial charge in [-0.05, 0) is 37.6 Å². The van der Waals surface area contributed by atoms with E-state index in [-0.39, 0.29) is 11.5 Å². The number of rotatable bonds is 2. The number of aryl methyl sites for hydroxylation is 2. The Bertz CT molecular complexity index is 583. The Morgan fingerprint density at radius 3 is 2.50 bits per heavy atom. The Balaban J connectivity index is 2.39. The fourth-order valence-electron chi connectivity index (χ4n) is 1.72. The molecule has 92 valence electrons. The smallest absolute Gasteiger partial charge is 0.141 e. The van der Waals surface area contributed by atoms with Gasteiger partial charge in [-0.25, -0.2) is 0 Å². The minimum absolute atomic E-state index is 0.137. The van der Waals surface area contributed by atoms with E-state index in [2.05, 4.69) is 4.99 Å². The molecule has 2 rings (SSSR count). The molecule has 0 aliphatic heterocycles. The molecule has 0 aromatic heterocycles. The zero-order valence-electron chi connectivity index (χ0n) is 10.4. The number of aromatic hydroxyl groups is 2. The summed E-state index contributed by atoms with van der Waals surface area (Å²) in [7, 11) is 0. The maximum atomic E-state index is 9.72. The highest BCUT2D eigenvalue weighted by atomic mass is 16.3. The van der Waals surface area contributed by atoms with E-state index < -0.39 is 0 Å². The third kappa shape index (κ3) is 2.51. The van der Waals surface area contributed by atoms with Gasteiger partial charge in [0.05, 0.1) is 0 Å². The van der Waals surface area contributed by atoms with E-state index in [1.54, 1.807) is 24.4 Å². The third-order valence-electron chi connectivity index (χ3n) is 2.73. The summed E-state index contributed by atoms with van der Waals surface area (Å²) >= 11 is 0. The van der Waals surface area contributed by atoms with Gasteiger partial charge in [-0.15, -0.1) is 0 Å². The number of hydrogen-bond donors (Lipinski definition) is 2. The van der Waals surface area contributed by atoms with Gasteiger partial charge in [-0.3, -0.25) is 4.99 Å². The number of para-hydroxylation sites is 1. The Morgan fingerprint density at radius 1 is 1.00 bits per heavy atom. The fraction of sp³-hybridized carbons (Fsp3) is 0.133. The van der Waals surface area contributed by atoms with E-state index in [0.29, 0.717) is 11.3 Å². The molecular weight excluding hydrogens is 226 g/mol. The Morgan fingerprint density at radius 2 is 1.78 bits per heavy atom. The summed E-state index contributed by atoms with van der Waals surface area (Å²) in [4.78, 5) is 4.24. The maximum absolute atomic E-state index is 9.72. The molecule has 0 spiro atoms. The highest BCUT2D eigenvalue weighted by molar-refractivity contribution is 5.86. The molecule has 3 nitrogen and oxygen atoms in total. The number of benzene rings is 2. The predicted octanol–water partition coefficient (Wildman–Crippen LogP) is 3.47. The van der Waals surface area contributed by atoms with Crippen LogP contribution in [0.15, 0.2) is 41.4 Å². The van der Waals surface area contributed by atoms with Gasteiger partial charge < -0.3 is 10.2 Å². The molecule has 0 fully saturated rings. The molecule has 0 unspecified atom stereocenters. The number of phenolic OH excluding ortho intramolecular Hbond substituents is 2. The zero-order valence-corrected chi connectivity index (χ0v) is 10.4. The number of aliphatic imine (C=N–C) groups is 1. The van der Waals surface area contributed by atoms with E-state index in [1.165, 1.54) is 0 Å². The lowest BCUT2D eigenvalue weighted by atomic mass is 10.1. The second-order valence-corrected chi connectivity index (χ2v) is 4.26. The second-order valence-electron chi connectivity index (χ2n) is 4.26. The van der Waals surface area contributed by atoms with E-state index in [1.807, 2.05) is 32.0 Å². The van der Waals surface area contributed by atoms with Crippen LogP contribution in [0.3, 0.4) is 0 Å². The van der Waals surface area contributed by atoms with E-state index >= 15 is 0 Å². The molecule has 2 aromatic carbocycles. The van der Waals surface area contributed by atoms with Crippen LogP contribution in [-0.4, -0.2) is 16.4 Å². The minimum atomic E-state index is 0.137. The van der Waals surface area contributed by atoms with Crippen LogP contribution in [0, 0.1) is 13.8 Å². The van der Waals surface area contributed by atoms with Crippen LogP contribution in [0.25, 0.3) is 0 Å². The lowest BCUT2D eigenvalue weighted by Gasteiger charge is -2.03. The quantitative estimate of drug-likeness (QED) is 0.791. The lowest BCUT2D eigenvalue weighted by Crippen LogP contribution is -1.84. The van der Waals surface area contributed by atoms with Crippen LogP contribution >= 0.6 is 0 Å². The molecule has 0 bridgehead atoms. The first-order valence-corrected chi connectivity index (χ1v) is 5.70. The third-order valence-corrected chi connectivity index (χ3v) is 2.73. The average molecular weight is 241 g/mol. The van der Waals surface area contributed by atoms with Crippen molar-refractivity contribution in [1.29, 1.82) is 0 Å². The summed E-state index contributed by atoms with van der Waals surface area (Å²) in [5.74, 6) is 0.316. The SMILES string of the molecule is Cc1ccc(O)c(C=Nc2c(C)cccc2O)c1. The molecule has 2 aromatic rings. The van der Waals surface area contributed by atoms with Gasteiger partial charge in [0, 0.05) is 11.8 Å². The number of nitrogens with zero attached hydrogens (tertiary/aromatic N) is 1. The Hall–Kier alpha value is -2.29. The van der Waals surface area contributed by atoms with Crippen molar-refractivity contribution in [2.75, 3.05) is 0 Å². The molecule has 0 heterocycles. The van der Waals surface area contributed by atoms with Gasteiger partial charge in [0.1, 0.15) is 17.2 Å². The summed E-state index contributed by atoms with van der Waals surface area (Å²) < 4.78 is 0. The molecule has 0 aliphatic rings. The molecule has 0 amide bonds. The van der Waals surface area contributed by atoms with Crippen LogP contribution in [0.1, 0.15) is 16.7 Å². The lowest BCUT2D eigenvalue weighted by molar-refractivity contribution is 0.473. The number of phenols is 2. The molecule has 2 N–H and O–H groups in total. The molecule has 0 aliphatic carbocycles. The first-order valence-electron chi connectivity index (χ1n) is 5.70. The standard InChI is InChI=1S/C15H15NO2/c1-10-6-7-13(17)12(8-10)9-16-15-11(2)4-3-5-14(15)18/h3-9,17-18H,1-2H3. The summed E-state index contributed by atoms with van der Waals surface area (Å²) in [5.41, 5.74) is 3.10. The zero-order chi connectivity index (χ0) is 13.1. The van der Waals surface area contributed by atoms with Gasteiger partial charge in [0.15, 0.2) is 0 Å². The van der Waals surface area contributed by atoms with Crippen molar-refractivity contribution in [3.63, 3.8) is 0 Å². The van der Waals surface area contributed by atoms with Gasteiger partial charge in [0.2, 0.25) is 0 Å². The highest BCUT2D eigenvalue weighted by Gasteiger charge is 2.03. The monoisotopic (exact) mass is 241 g/mol. The van der Waals surface area contributed by atoms with Crippen molar-refractivity contribution in [2.24, 2.45) is 4.99 Å². The highest BCUT2D eigenvalue weighted by Crippen LogP contribution is 2.29. The topological polar surface area (TPSA) is 52.8 Å². The van der Waals surface area contributed by atoms with Crippen LogP contribution in [0.4, 0.5) is 5.69 Å². The van der Waals surface area contributed by atoms with Crippen molar-refractivity contribution in [1.82, 2.24) is 0 Å². The van der Waals surface area contributed by atoms with E-state index in [4.69, 9.17) is 0 Å². The molecule has 0 saturated heterocycles. The summed E-state index contributed by atoms with van der Waals surface area (Å²) in [6.07, 6.45) is 1.56. The fourth-order valence-corrected chi connectivity index (χ4v) is 1.72. The summed E-state index contributed by atoms with van der Waals surface area (Å²) in [6, 6.07) is 10.5. The number of hydrogen-bond acceptors (Lipinski definition) is 3. The Kier molecular flexibility index (Phi) is 3.33. The summed E-state index contributed by atoms with van der Waals surface area (Å²) in [5, 5.41) is 19.4. The van der Waals surface area contributed by atoms with Crippen molar-refractivity contribution in [2.45, 2.75) is 13.8 Å². The van der Waals surface area contributed by atoms with Gasteiger partial charge >= 0.3 is 0 Å². The van der Waals surface area contributed by atoms with Crippen molar-refractivity contribution < 1.29 is 10.2 Å². The van der Waals surface area contributed by atoms with Crippen LogP contribution in [0.2, 0.25) is 0 Å². The normalized spacial score (nSPS) is 11.0. The van der Waals surface area contributed by atoms with Crippen LogP contribution in [-0.2, 0) is 0 Å². The molecule has 0 radical (unpaired) electrons. The van der Waals surface area contributed by atoms with Crippen molar-refractivity contribution in [3.05, 3.63) is 53.1 Å². The molecule has 0 atom stereocenters. The second kappa shape index (κ2) is 4.92. The molecular formula is C15H15NO2. The predicted molar refractivity (Wildman–Crippen MR) is 72.9 cm³/mol. The van der Waals surface area contributed by atoms with Crippen molar-refractivity contribution in [3.8, 4) is 11.5 Å². The van der Waals surface area contributed by atoms with Crippen LogP contribution in [0.5, 0.6) is 11.5 Å². The maximum Gasteiger partial charge on any atom is 0.141 e. The van der Waals surface area contributed by atoms with Gasteiger partial charge in [-0.2, -0.15) is 0 Å². The largest absolute Gasteiger partial charge is 0.507 e.